The Hall–Kier alpha value is -1.02. The van der Waals surface area contributed by atoms with E-state index in [1.165, 1.54) is 62.7 Å². The topological polar surface area (TPSA) is 15.3 Å². The summed E-state index contributed by atoms with van der Waals surface area (Å²) in [6, 6.07) is 9.84. The number of benzene rings is 1. The molecule has 1 atom stereocenters. The summed E-state index contributed by atoms with van der Waals surface area (Å²) >= 11 is 0. The zero-order valence-corrected chi connectivity index (χ0v) is 13.3. The summed E-state index contributed by atoms with van der Waals surface area (Å²) in [4.78, 5) is 2.77. The van der Waals surface area contributed by atoms with E-state index in [1.54, 1.807) is 0 Å². The molecule has 1 N–H and O–H groups in total. The molecule has 0 spiro atoms. The molecule has 1 aromatic rings. The predicted octanol–water partition coefficient (Wildman–Crippen LogP) is 4.10. The molecule has 0 radical (unpaired) electrons. The van der Waals surface area contributed by atoms with E-state index in [0.717, 1.165) is 18.5 Å². The minimum atomic E-state index is 0.302. The third kappa shape index (κ3) is 2.59. The molecule has 21 heavy (non-hydrogen) atoms. The molecule has 1 heterocycles. The minimum Gasteiger partial charge on any atom is -0.366 e. The fourth-order valence-electron chi connectivity index (χ4n) is 4.45. The number of fused-ring (bicyclic) bond motifs is 1. The summed E-state index contributed by atoms with van der Waals surface area (Å²) in [5.74, 6) is 0.887. The zero-order valence-electron chi connectivity index (χ0n) is 13.3. The molecule has 4 rings (SSSR count). The van der Waals surface area contributed by atoms with E-state index >= 15 is 0 Å². The molecule has 2 fully saturated rings. The first-order valence-electron chi connectivity index (χ1n) is 8.86. The largest absolute Gasteiger partial charge is 0.366 e. The van der Waals surface area contributed by atoms with Crippen LogP contribution in [0, 0.1) is 5.92 Å². The van der Waals surface area contributed by atoms with Gasteiger partial charge in [0.05, 0.1) is 0 Å². The van der Waals surface area contributed by atoms with Crippen LogP contribution >= 0.6 is 0 Å². The Bertz CT molecular complexity index is 502. The van der Waals surface area contributed by atoms with Crippen LogP contribution in [-0.2, 0) is 6.54 Å². The molecule has 2 saturated carbocycles. The van der Waals surface area contributed by atoms with Crippen molar-refractivity contribution in [1.82, 2.24) is 5.32 Å². The van der Waals surface area contributed by atoms with E-state index in [9.17, 15) is 0 Å². The highest BCUT2D eigenvalue weighted by molar-refractivity contribution is 5.56. The molecule has 3 aliphatic rings. The van der Waals surface area contributed by atoms with Crippen molar-refractivity contribution in [1.29, 1.82) is 0 Å². The second-order valence-corrected chi connectivity index (χ2v) is 7.59. The second-order valence-electron chi connectivity index (χ2n) is 7.59. The molecule has 2 heteroatoms. The second kappa shape index (κ2) is 5.31. The highest BCUT2D eigenvalue weighted by Crippen LogP contribution is 2.43. The van der Waals surface area contributed by atoms with Gasteiger partial charge >= 0.3 is 0 Å². The normalized spacial score (nSPS) is 30.8. The summed E-state index contributed by atoms with van der Waals surface area (Å²) in [6.45, 7) is 4.69. The number of anilines is 1. The van der Waals surface area contributed by atoms with Gasteiger partial charge in [0, 0.05) is 30.4 Å². The summed E-state index contributed by atoms with van der Waals surface area (Å²) in [6.07, 6.45) is 9.86. The zero-order chi connectivity index (χ0) is 14.3. The predicted molar refractivity (Wildman–Crippen MR) is 88.6 cm³/mol. The maximum Gasteiger partial charge on any atom is 0.0414 e. The summed E-state index contributed by atoms with van der Waals surface area (Å²) in [7, 11) is 0. The van der Waals surface area contributed by atoms with Crippen LogP contribution in [0.1, 0.15) is 57.4 Å². The van der Waals surface area contributed by atoms with Gasteiger partial charge in [-0.2, -0.15) is 0 Å². The van der Waals surface area contributed by atoms with Gasteiger partial charge in [0.2, 0.25) is 0 Å². The van der Waals surface area contributed by atoms with E-state index in [-0.39, 0.29) is 0 Å². The lowest BCUT2D eigenvalue weighted by Crippen LogP contribution is -2.53. The van der Waals surface area contributed by atoms with Crippen LogP contribution in [0.25, 0.3) is 0 Å². The molecular weight excluding hydrogens is 256 g/mol. The lowest BCUT2D eigenvalue weighted by Gasteiger charge is -2.41. The molecular formula is C19H28N2. The van der Waals surface area contributed by atoms with Crippen molar-refractivity contribution in [2.75, 3.05) is 11.4 Å². The molecule has 1 unspecified atom stereocenters. The van der Waals surface area contributed by atoms with Crippen LogP contribution in [-0.4, -0.2) is 18.1 Å². The van der Waals surface area contributed by atoms with Crippen LogP contribution in [0.15, 0.2) is 24.3 Å². The van der Waals surface area contributed by atoms with E-state index in [2.05, 4.69) is 41.4 Å². The fourth-order valence-corrected chi connectivity index (χ4v) is 4.45. The standard InChI is InChI=1S/C19H28N2/c1-19(16-11-12-16)14-21(17-8-3-2-4-9-17)18-10-6-5-7-15(18)13-20-19/h5-7,10,16-17,20H,2-4,8-9,11-14H2,1H3. The first kappa shape index (κ1) is 13.6. The van der Waals surface area contributed by atoms with Gasteiger partial charge in [-0.1, -0.05) is 37.5 Å². The number of para-hydroxylation sites is 1. The Labute approximate surface area is 128 Å². The van der Waals surface area contributed by atoms with Crippen LogP contribution in [0.5, 0.6) is 0 Å². The molecule has 0 bridgehead atoms. The Morgan fingerprint density at radius 3 is 2.57 bits per heavy atom. The highest BCUT2D eigenvalue weighted by Gasteiger charge is 2.44. The summed E-state index contributed by atoms with van der Waals surface area (Å²) < 4.78 is 0. The monoisotopic (exact) mass is 284 g/mol. The van der Waals surface area contributed by atoms with Gasteiger partial charge in [-0.05, 0) is 50.2 Å². The van der Waals surface area contributed by atoms with Gasteiger partial charge < -0.3 is 10.2 Å². The van der Waals surface area contributed by atoms with Crippen molar-refractivity contribution in [3.8, 4) is 0 Å². The lowest BCUT2D eigenvalue weighted by atomic mass is 9.90. The van der Waals surface area contributed by atoms with Gasteiger partial charge in [0.15, 0.2) is 0 Å². The number of hydrogen-bond donors (Lipinski definition) is 1. The van der Waals surface area contributed by atoms with Crippen LogP contribution in [0.2, 0.25) is 0 Å². The Morgan fingerprint density at radius 2 is 1.81 bits per heavy atom. The molecule has 2 nitrogen and oxygen atoms in total. The fraction of sp³-hybridized carbons (Fsp3) is 0.684. The summed E-state index contributed by atoms with van der Waals surface area (Å²) in [5, 5.41) is 3.90. The van der Waals surface area contributed by atoms with Gasteiger partial charge in [-0.25, -0.2) is 0 Å². The van der Waals surface area contributed by atoms with Crippen molar-refractivity contribution < 1.29 is 0 Å². The first-order chi connectivity index (χ1) is 10.3. The van der Waals surface area contributed by atoms with Gasteiger partial charge in [-0.3, -0.25) is 0 Å². The number of hydrogen-bond acceptors (Lipinski definition) is 2. The third-order valence-corrected chi connectivity index (χ3v) is 5.98. The molecule has 0 saturated heterocycles. The maximum atomic E-state index is 3.90. The quantitative estimate of drug-likeness (QED) is 0.879. The van der Waals surface area contributed by atoms with Gasteiger partial charge in [0.25, 0.3) is 0 Å². The average molecular weight is 284 g/mol. The SMILES string of the molecule is CC1(C2CC2)CN(C2CCCCC2)c2ccccc2CN1. The molecule has 1 aromatic carbocycles. The molecule has 114 valence electrons. The maximum absolute atomic E-state index is 3.90. The van der Waals surface area contributed by atoms with Crippen molar-refractivity contribution >= 4 is 5.69 Å². The van der Waals surface area contributed by atoms with Crippen molar-refractivity contribution in [3.05, 3.63) is 29.8 Å². The lowest BCUT2D eigenvalue weighted by molar-refractivity contribution is 0.297. The van der Waals surface area contributed by atoms with E-state index in [4.69, 9.17) is 0 Å². The van der Waals surface area contributed by atoms with E-state index in [0.29, 0.717) is 5.54 Å². The van der Waals surface area contributed by atoms with E-state index < -0.39 is 0 Å². The van der Waals surface area contributed by atoms with Crippen LogP contribution in [0.4, 0.5) is 5.69 Å². The van der Waals surface area contributed by atoms with Crippen molar-refractivity contribution in [3.63, 3.8) is 0 Å². The Morgan fingerprint density at radius 1 is 1.05 bits per heavy atom. The van der Waals surface area contributed by atoms with Gasteiger partial charge in [0.1, 0.15) is 0 Å². The Balaban J connectivity index is 1.68. The van der Waals surface area contributed by atoms with Crippen LogP contribution < -0.4 is 10.2 Å². The number of nitrogens with one attached hydrogen (secondary N) is 1. The first-order valence-corrected chi connectivity index (χ1v) is 8.86. The summed E-state index contributed by atoms with van der Waals surface area (Å²) in [5.41, 5.74) is 3.30. The molecule has 0 aromatic heterocycles. The number of nitrogens with zero attached hydrogens (tertiary/aromatic N) is 1. The number of rotatable bonds is 2. The third-order valence-electron chi connectivity index (χ3n) is 5.98. The average Bonchev–Trinajstić information content (AvgIpc) is 3.37. The minimum absolute atomic E-state index is 0.302. The van der Waals surface area contributed by atoms with E-state index in [1.807, 2.05) is 0 Å². The van der Waals surface area contributed by atoms with Gasteiger partial charge in [-0.15, -0.1) is 0 Å². The molecule has 0 amide bonds. The molecule has 1 aliphatic heterocycles. The van der Waals surface area contributed by atoms with Crippen molar-refractivity contribution in [2.45, 2.75) is 70.0 Å². The van der Waals surface area contributed by atoms with Crippen LogP contribution in [0.3, 0.4) is 0 Å². The molecule has 2 aliphatic carbocycles. The highest BCUT2D eigenvalue weighted by atomic mass is 15.2. The Kier molecular flexibility index (Phi) is 3.45. The van der Waals surface area contributed by atoms with Crippen molar-refractivity contribution in [2.24, 2.45) is 5.92 Å². The smallest absolute Gasteiger partial charge is 0.0414 e.